The first-order valence-electron chi connectivity index (χ1n) is 12.4. The molecule has 4 aromatic rings. The fourth-order valence-electron chi connectivity index (χ4n) is 5.16. The van der Waals surface area contributed by atoms with Gasteiger partial charge in [-0.3, -0.25) is 9.88 Å². The Kier molecular flexibility index (Phi) is 6.11. The fraction of sp³-hybridized carbons (Fsp3) is 0.241. The molecule has 1 saturated heterocycles. The van der Waals surface area contributed by atoms with E-state index in [1.165, 1.54) is 5.56 Å². The Balaban J connectivity index is 1.21. The number of hydrogen-bond acceptors (Lipinski definition) is 4. The molecule has 3 aromatic carbocycles. The first kappa shape index (κ1) is 23.0. The number of carbonyl (C=O) groups excluding carboxylic acids is 1. The zero-order valence-electron chi connectivity index (χ0n) is 20.2. The van der Waals surface area contributed by atoms with Gasteiger partial charge < -0.3 is 15.1 Å². The van der Waals surface area contributed by atoms with Gasteiger partial charge in [-0.05, 0) is 70.9 Å². The Bertz CT molecular complexity index is 1420. The van der Waals surface area contributed by atoms with E-state index in [4.69, 9.17) is 0 Å². The molecule has 0 bridgehead atoms. The minimum Gasteiger partial charge on any atom is -0.368 e. The van der Waals surface area contributed by atoms with E-state index in [-0.39, 0.29) is 6.03 Å². The average molecular weight is 542 g/mol. The van der Waals surface area contributed by atoms with Gasteiger partial charge in [0.05, 0.1) is 16.9 Å². The van der Waals surface area contributed by atoms with Crippen LogP contribution in [-0.2, 0) is 6.42 Å². The lowest BCUT2D eigenvalue weighted by atomic mass is 10.0. The van der Waals surface area contributed by atoms with E-state index in [9.17, 15) is 4.79 Å². The van der Waals surface area contributed by atoms with E-state index < -0.39 is 0 Å². The summed E-state index contributed by atoms with van der Waals surface area (Å²) in [4.78, 5) is 24.5. The maximum Gasteiger partial charge on any atom is 0.326 e. The minimum absolute atomic E-state index is 0.0972. The van der Waals surface area contributed by atoms with Crippen LogP contribution in [0.4, 0.5) is 21.9 Å². The Hall–Kier alpha value is -3.42. The van der Waals surface area contributed by atoms with Gasteiger partial charge in [0.25, 0.3) is 0 Å². The summed E-state index contributed by atoms with van der Waals surface area (Å²) in [5, 5.41) is 4.21. The van der Waals surface area contributed by atoms with Crippen LogP contribution in [0.2, 0.25) is 0 Å². The topological polar surface area (TPSA) is 51.7 Å². The molecule has 0 saturated carbocycles. The first-order chi connectivity index (χ1) is 17.6. The number of amides is 2. The van der Waals surface area contributed by atoms with Gasteiger partial charge in [-0.1, -0.05) is 36.4 Å². The predicted molar refractivity (Wildman–Crippen MR) is 151 cm³/mol. The van der Waals surface area contributed by atoms with Crippen molar-refractivity contribution in [3.63, 3.8) is 0 Å². The monoisotopic (exact) mass is 541 g/mol. The van der Waals surface area contributed by atoms with Crippen molar-refractivity contribution >= 4 is 49.9 Å². The molecule has 182 valence electrons. The molecule has 0 spiro atoms. The highest BCUT2D eigenvalue weighted by molar-refractivity contribution is 9.10. The van der Waals surface area contributed by atoms with Gasteiger partial charge in [-0.25, -0.2) is 4.79 Å². The lowest BCUT2D eigenvalue weighted by Crippen LogP contribution is -2.44. The lowest BCUT2D eigenvalue weighted by molar-refractivity contribution is 0.257. The summed E-state index contributed by atoms with van der Waals surface area (Å²) < 4.78 is 1.10. The van der Waals surface area contributed by atoms with Crippen molar-refractivity contribution in [2.75, 3.05) is 54.9 Å². The van der Waals surface area contributed by atoms with Crippen molar-refractivity contribution in [3.05, 3.63) is 83.0 Å². The van der Waals surface area contributed by atoms with E-state index in [2.05, 4.69) is 79.5 Å². The molecule has 0 radical (unpaired) electrons. The molecule has 2 amide bonds. The summed E-state index contributed by atoms with van der Waals surface area (Å²) in [6, 6.07) is 22.5. The van der Waals surface area contributed by atoms with Crippen LogP contribution in [0.15, 0.2) is 77.4 Å². The molecule has 2 aliphatic heterocycles. The number of rotatable bonds is 3. The van der Waals surface area contributed by atoms with Crippen molar-refractivity contribution in [2.45, 2.75) is 6.42 Å². The highest BCUT2D eigenvalue weighted by Gasteiger charge is 2.28. The molecule has 1 fully saturated rings. The number of nitrogens with zero attached hydrogens (tertiary/aromatic N) is 4. The Morgan fingerprint density at radius 3 is 2.50 bits per heavy atom. The van der Waals surface area contributed by atoms with Crippen LogP contribution in [-0.4, -0.2) is 55.7 Å². The molecule has 0 aliphatic carbocycles. The van der Waals surface area contributed by atoms with Crippen LogP contribution in [0.25, 0.3) is 22.0 Å². The normalized spacial score (nSPS) is 15.8. The second kappa shape index (κ2) is 9.56. The van der Waals surface area contributed by atoms with E-state index >= 15 is 0 Å². The van der Waals surface area contributed by atoms with Gasteiger partial charge in [-0.2, -0.15) is 0 Å². The number of para-hydroxylation sites is 1. The standard InChI is InChI=1S/C29H28BrN5O/c1-33-14-16-34(17-15-33)27-19-26-22(18-25(27)30)11-13-35(26)29(36)32-23-9-7-20(8-10-23)24-6-2-4-21-5-3-12-31-28(21)24/h2-10,12,18-19H,11,13-17H2,1H3,(H,32,36). The number of pyridine rings is 1. The van der Waals surface area contributed by atoms with E-state index in [0.717, 1.165) is 76.2 Å². The maximum atomic E-state index is 13.3. The van der Waals surface area contributed by atoms with Crippen LogP contribution in [0.1, 0.15) is 5.56 Å². The SMILES string of the molecule is CN1CCN(c2cc3c(cc2Br)CCN3C(=O)Nc2ccc(-c3cccc4cccnc34)cc2)CC1. The predicted octanol–water partition coefficient (Wildman–Crippen LogP) is 6.01. The summed E-state index contributed by atoms with van der Waals surface area (Å²) in [5.74, 6) is 0. The van der Waals surface area contributed by atoms with Crippen molar-refractivity contribution < 1.29 is 4.79 Å². The number of piperazine rings is 1. The summed E-state index contributed by atoms with van der Waals surface area (Å²) in [6.07, 6.45) is 2.68. The maximum absolute atomic E-state index is 13.3. The molecule has 0 unspecified atom stereocenters. The number of urea groups is 1. The summed E-state index contributed by atoms with van der Waals surface area (Å²) in [5.41, 5.74) is 7.29. The van der Waals surface area contributed by atoms with Gasteiger partial charge in [0.15, 0.2) is 0 Å². The highest BCUT2D eigenvalue weighted by Crippen LogP contribution is 2.38. The number of carbonyl (C=O) groups is 1. The third kappa shape index (κ3) is 4.33. The quantitative estimate of drug-likeness (QED) is 0.345. The molecular formula is C29H28BrN5O. The van der Waals surface area contributed by atoms with Crippen LogP contribution in [0.5, 0.6) is 0 Å². The van der Waals surface area contributed by atoms with Gasteiger partial charge in [0.2, 0.25) is 0 Å². The lowest BCUT2D eigenvalue weighted by Gasteiger charge is -2.35. The van der Waals surface area contributed by atoms with Crippen LogP contribution in [0.3, 0.4) is 0 Å². The molecule has 6 nitrogen and oxygen atoms in total. The average Bonchev–Trinajstić information content (AvgIpc) is 3.32. The largest absolute Gasteiger partial charge is 0.368 e. The van der Waals surface area contributed by atoms with Crippen LogP contribution < -0.4 is 15.1 Å². The molecule has 36 heavy (non-hydrogen) atoms. The van der Waals surface area contributed by atoms with E-state index in [0.29, 0.717) is 6.54 Å². The number of nitrogens with one attached hydrogen (secondary N) is 1. The van der Waals surface area contributed by atoms with E-state index in [1.54, 1.807) is 0 Å². The van der Waals surface area contributed by atoms with E-state index in [1.807, 2.05) is 41.4 Å². The molecule has 3 heterocycles. The number of halogens is 1. The molecular weight excluding hydrogens is 514 g/mol. The Morgan fingerprint density at radius 2 is 1.69 bits per heavy atom. The van der Waals surface area contributed by atoms with Gasteiger partial charge >= 0.3 is 6.03 Å². The van der Waals surface area contributed by atoms with Gasteiger partial charge in [0.1, 0.15) is 0 Å². The summed E-state index contributed by atoms with van der Waals surface area (Å²) in [6.45, 7) is 4.73. The van der Waals surface area contributed by atoms with Gasteiger partial charge in [-0.15, -0.1) is 0 Å². The summed E-state index contributed by atoms with van der Waals surface area (Å²) >= 11 is 3.77. The second-order valence-electron chi connectivity index (χ2n) is 9.51. The molecule has 0 atom stereocenters. The molecule has 7 heteroatoms. The van der Waals surface area contributed by atoms with Crippen molar-refractivity contribution in [1.29, 1.82) is 0 Å². The second-order valence-corrected chi connectivity index (χ2v) is 10.4. The number of hydrogen-bond donors (Lipinski definition) is 1. The number of benzene rings is 3. The summed E-state index contributed by atoms with van der Waals surface area (Å²) in [7, 11) is 2.16. The van der Waals surface area contributed by atoms with Crippen molar-refractivity contribution in [3.8, 4) is 11.1 Å². The van der Waals surface area contributed by atoms with Crippen LogP contribution >= 0.6 is 15.9 Å². The zero-order valence-corrected chi connectivity index (χ0v) is 21.8. The minimum atomic E-state index is -0.0972. The Morgan fingerprint density at radius 1 is 0.917 bits per heavy atom. The molecule has 1 N–H and O–H groups in total. The van der Waals surface area contributed by atoms with Gasteiger partial charge in [0, 0.05) is 60.0 Å². The van der Waals surface area contributed by atoms with Crippen LogP contribution in [0, 0.1) is 0 Å². The number of anilines is 3. The highest BCUT2D eigenvalue weighted by atomic mass is 79.9. The number of likely N-dealkylation sites (N-methyl/N-ethyl adjacent to an activating group) is 1. The molecule has 6 rings (SSSR count). The fourth-order valence-corrected chi connectivity index (χ4v) is 5.80. The number of fused-ring (bicyclic) bond motifs is 2. The first-order valence-corrected chi connectivity index (χ1v) is 13.1. The third-order valence-electron chi connectivity index (χ3n) is 7.21. The number of aromatic nitrogens is 1. The third-order valence-corrected chi connectivity index (χ3v) is 7.85. The Labute approximate surface area is 219 Å². The zero-order chi connectivity index (χ0) is 24.6. The molecule has 1 aromatic heterocycles. The van der Waals surface area contributed by atoms with Crippen molar-refractivity contribution in [1.82, 2.24) is 9.88 Å². The molecule has 2 aliphatic rings. The smallest absolute Gasteiger partial charge is 0.326 e. The van der Waals surface area contributed by atoms with Crippen molar-refractivity contribution in [2.24, 2.45) is 0 Å².